The third-order valence-electron chi connectivity index (χ3n) is 2.29. The summed E-state index contributed by atoms with van der Waals surface area (Å²) in [4.78, 5) is 4.42. The normalized spacial score (nSPS) is 10.3. The predicted molar refractivity (Wildman–Crippen MR) is 78.0 cm³/mol. The van der Waals surface area contributed by atoms with Crippen molar-refractivity contribution in [3.63, 3.8) is 0 Å². The molecule has 1 aromatic heterocycles. The lowest BCUT2D eigenvalue weighted by Gasteiger charge is -2.04. The molecule has 0 saturated heterocycles. The zero-order valence-corrected chi connectivity index (χ0v) is 12.2. The van der Waals surface area contributed by atoms with Crippen LogP contribution in [0.4, 0.5) is 5.13 Å². The van der Waals surface area contributed by atoms with Crippen molar-refractivity contribution < 1.29 is 13.5 Å². The molecule has 0 radical (unpaired) electrons. The Bertz CT molecular complexity index is 855. The molecule has 0 unspecified atom stereocenters. The second-order valence-corrected chi connectivity index (χ2v) is 6.45. The van der Waals surface area contributed by atoms with E-state index in [9.17, 15) is 8.42 Å². The van der Waals surface area contributed by atoms with Gasteiger partial charge in [0.1, 0.15) is 6.61 Å². The van der Waals surface area contributed by atoms with Crippen molar-refractivity contribution in [2.45, 2.75) is 4.90 Å². The Morgan fingerprint density at radius 1 is 1.43 bits per heavy atom. The minimum absolute atomic E-state index is 0.0141. The fourth-order valence-corrected chi connectivity index (χ4v) is 3.39. The minimum Gasteiger partial charge on any atom is -0.384 e. The summed E-state index contributed by atoms with van der Waals surface area (Å²) in [5.74, 6) is 5.09. The summed E-state index contributed by atoms with van der Waals surface area (Å²) in [7, 11) is -3.80. The van der Waals surface area contributed by atoms with Gasteiger partial charge >= 0.3 is 0 Å². The molecule has 2 N–H and O–H groups in total. The first-order valence-electron chi connectivity index (χ1n) is 5.64. The molecule has 1 heterocycles. The van der Waals surface area contributed by atoms with Gasteiger partial charge in [0, 0.05) is 0 Å². The monoisotopic (exact) mass is 319 g/mol. The summed E-state index contributed by atoms with van der Waals surface area (Å²) < 4.78 is 26.6. The highest BCUT2D eigenvalue weighted by molar-refractivity contribution is 7.93. The number of hydrogen-bond donors (Lipinski definition) is 2. The van der Waals surface area contributed by atoms with Crippen LogP contribution in [0.15, 0.2) is 35.4 Å². The van der Waals surface area contributed by atoms with Crippen molar-refractivity contribution in [3.05, 3.63) is 40.9 Å². The SMILES string of the molecule is N#Cc1cccc(S(=O)(=O)Nc2ncc(C#CCO)s2)c1. The standard InChI is InChI=1S/C13H9N3O3S2/c14-8-10-3-1-5-12(7-10)21(18,19)16-13-15-9-11(20-13)4-2-6-17/h1,3,5,7,9,17H,6H2,(H,15,16). The van der Waals surface area contributed by atoms with E-state index in [-0.39, 0.29) is 22.2 Å². The second kappa shape index (κ2) is 6.37. The van der Waals surface area contributed by atoms with Crippen LogP contribution in [0.5, 0.6) is 0 Å². The number of anilines is 1. The third kappa shape index (κ3) is 3.80. The summed E-state index contributed by atoms with van der Waals surface area (Å²) >= 11 is 1.05. The molecule has 2 aromatic rings. The van der Waals surface area contributed by atoms with E-state index in [0.29, 0.717) is 4.88 Å². The maximum atomic E-state index is 12.2. The average molecular weight is 319 g/mol. The molecule has 106 valence electrons. The average Bonchev–Trinajstić information content (AvgIpc) is 2.92. The first-order chi connectivity index (χ1) is 10.0. The highest BCUT2D eigenvalue weighted by atomic mass is 32.2. The van der Waals surface area contributed by atoms with Crippen LogP contribution in [0.2, 0.25) is 0 Å². The number of aliphatic hydroxyl groups is 1. The molecule has 0 saturated carbocycles. The summed E-state index contributed by atoms with van der Waals surface area (Å²) in [6, 6.07) is 7.57. The Balaban J connectivity index is 2.25. The Kier molecular flexibility index (Phi) is 4.55. The molecular weight excluding hydrogens is 310 g/mol. The summed E-state index contributed by atoms with van der Waals surface area (Å²) in [5.41, 5.74) is 0.256. The molecule has 0 amide bonds. The molecule has 1 aromatic carbocycles. The largest absolute Gasteiger partial charge is 0.384 e. The number of rotatable bonds is 3. The Labute approximate surface area is 125 Å². The van der Waals surface area contributed by atoms with E-state index < -0.39 is 10.0 Å². The van der Waals surface area contributed by atoms with Crippen molar-refractivity contribution in [1.82, 2.24) is 4.98 Å². The van der Waals surface area contributed by atoms with E-state index in [2.05, 4.69) is 21.5 Å². The van der Waals surface area contributed by atoms with Gasteiger partial charge in [-0.15, -0.1) is 0 Å². The Hall–Kier alpha value is -2.39. The predicted octanol–water partition coefficient (Wildman–Crippen LogP) is 1.16. The Morgan fingerprint density at radius 3 is 2.95 bits per heavy atom. The van der Waals surface area contributed by atoms with Crippen LogP contribution < -0.4 is 4.72 Å². The van der Waals surface area contributed by atoms with E-state index in [4.69, 9.17) is 10.4 Å². The van der Waals surface area contributed by atoms with Crippen LogP contribution in [0.25, 0.3) is 0 Å². The second-order valence-electron chi connectivity index (χ2n) is 3.73. The highest BCUT2D eigenvalue weighted by Gasteiger charge is 2.16. The number of hydrogen-bond acceptors (Lipinski definition) is 6. The molecule has 6 nitrogen and oxygen atoms in total. The van der Waals surface area contributed by atoms with Crippen molar-refractivity contribution >= 4 is 26.5 Å². The molecule has 2 rings (SSSR count). The molecule has 21 heavy (non-hydrogen) atoms. The van der Waals surface area contributed by atoms with Crippen LogP contribution >= 0.6 is 11.3 Å². The zero-order chi connectivity index (χ0) is 15.3. The number of aromatic nitrogens is 1. The maximum absolute atomic E-state index is 12.2. The molecule has 0 aliphatic heterocycles. The van der Waals surface area contributed by atoms with Gasteiger partial charge in [-0.05, 0) is 18.2 Å². The first kappa shape index (κ1) is 15.0. The van der Waals surface area contributed by atoms with Gasteiger partial charge in [-0.1, -0.05) is 29.2 Å². The third-order valence-corrected chi connectivity index (χ3v) is 4.59. The molecule has 0 spiro atoms. The van der Waals surface area contributed by atoms with Crippen LogP contribution in [0.3, 0.4) is 0 Å². The fourth-order valence-electron chi connectivity index (χ4n) is 1.41. The number of thiazole rings is 1. The lowest BCUT2D eigenvalue weighted by molar-refractivity contribution is 0.350. The van der Waals surface area contributed by atoms with E-state index in [0.717, 1.165) is 11.3 Å². The molecule has 0 atom stereocenters. The van der Waals surface area contributed by atoms with Crippen LogP contribution in [-0.4, -0.2) is 25.1 Å². The Morgan fingerprint density at radius 2 is 2.24 bits per heavy atom. The van der Waals surface area contributed by atoms with Gasteiger partial charge in [0.2, 0.25) is 0 Å². The van der Waals surface area contributed by atoms with Crippen LogP contribution in [0, 0.1) is 23.2 Å². The minimum atomic E-state index is -3.80. The number of nitriles is 1. The maximum Gasteiger partial charge on any atom is 0.263 e. The quantitative estimate of drug-likeness (QED) is 0.826. The van der Waals surface area contributed by atoms with E-state index >= 15 is 0 Å². The molecular formula is C13H9N3O3S2. The van der Waals surface area contributed by atoms with Gasteiger partial charge in [0.15, 0.2) is 5.13 Å². The fraction of sp³-hybridized carbons (Fsp3) is 0.0769. The van der Waals surface area contributed by atoms with Crippen molar-refractivity contribution in [1.29, 1.82) is 5.26 Å². The number of nitrogens with one attached hydrogen (secondary N) is 1. The smallest absolute Gasteiger partial charge is 0.263 e. The number of sulfonamides is 1. The molecule has 0 fully saturated rings. The van der Waals surface area contributed by atoms with E-state index in [1.165, 1.54) is 30.5 Å². The molecule has 0 aliphatic carbocycles. The van der Waals surface area contributed by atoms with Gasteiger partial charge in [-0.3, -0.25) is 4.72 Å². The van der Waals surface area contributed by atoms with Crippen molar-refractivity contribution in [2.24, 2.45) is 0 Å². The topological polar surface area (TPSA) is 103 Å². The van der Waals surface area contributed by atoms with Gasteiger partial charge < -0.3 is 5.11 Å². The van der Waals surface area contributed by atoms with Gasteiger partial charge in [0.05, 0.1) is 27.6 Å². The zero-order valence-electron chi connectivity index (χ0n) is 10.6. The first-order valence-corrected chi connectivity index (χ1v) is 7.93. The molecule has 0 aliphatic rings. The highest BCUT2D eigenvalue weighted by Crippen LogP contribution is 2.21. The summed E-state index contributed by atoms with van der Waals surface area (Å²) in [6.45, 7) is -0.278. The van der Waals surface area contributed by atoms with Gasteiger partial charge in [0.25, 0.3) is 10.0 Å². The summed E-state index contributed by atoms with van der Waals surface area (Å²) in [5, 5.41) is 17.6. The number of nitrogens with zero attached hydrogens (tertiary/aromatic N) is 2. The lowest BCUT2D eigenvalue weighted by atomic mass is 10.2. The van der Waals surface area contributed by atoms with E-state index in [1.54, 1.807) is 0 Å². The lowest BCUT2D eigenvalue weighted by Crippen LogP contribution is -2.12. The number of benzene rings is 1. The molecule has 0 bridgehead atoms. The van der Waals surface area contributed by atoms with Crippen molar-refractivity contribution in [2.75, 3.05) is 11.3 Å². The summed E-state index contributed by atoms with van der Waals surface area (Å²) in [6.07, 6.45) is 1.41. The molecule has 8 heteroatoms. The van der Waals surface area contributed by atoms with Gasteiger partial charge in [-0.25, -0.2) is 13.4 Å². The number of aliphatic hydroxyl groups excluding tert-OH is 1. The van der Waals surface area contributed by atoms with Crippen LogP contribution in [-0.2, 0) is 10.0 Å². The van der Waals surface area contributed by atoms with E-state index in [1.807, 2.05) is 6.07 Å². The van der Waals surface area contributed by atoms with Gasteiger partial charge in [-0.2, -0.15) is 5.26 Å². The van der Waals surface area contributed by atoms with Crippen molar-refractivity contribution in [3.8, 4) is 17.9 Å². The van der Waals surface area contributed by atoms with Crippen LogP contribution in [0.1, 0.15) is 10.4 Å².